The molecule has 0 bridgehead atoms. The van der Waals surface area contributed by atoms with Crippen LogP contribution in [0, 0.1) is 5.92 Å². The van der Waals surface area contributed by atoms with Gasteiger partial charge in [0, 0.05) is 5.02 Å². The van der Waals surface area contributed by atoms with Crippen molar-refractivity contribution >= 4 is 34.9 Å². The number of carbonyl (C=O) groups excluding carboxylic acids is 1. The van der Waals surface area contributed by atoms with Crippen molar-refractivity contribution in [2.45, 2.75) is 38.7 Å². The molecule has 0 saturated heterocycles. The summed E-state index contributed by atoms with van der Waals surface area (Å²) in [4.78, 5) is 12.1. The fourth-order valence-corrected chi connectivity index (χ4v) is 2.81. The van der Waals surface area contributed by atoms with Gasteiger partial charge in [-0.15, -0.1) is 0 Å². The van der Waals surface area contributed by atoms with Gasteiger partial charge in [0.15, 0.2) is 0 Å². The second kappa shape index (κ2) is 6.02. The molecule has 0 radical (unpaired) electrons. The Balaban J connectivity index is 2.08. The third kappa shape index (κ3) is 3.54. The van der Waals surface area contributed by atoms with Gasteiger partial charge < -0.3 is 10.5 Å². The number of benzene rings is 1. The maximum Gasteiger partial charge on any atom is 0.340 e. The molecule has 0 aliphatic heterocycles. The highest BCUT2D eigenvalue weighted by Gasteiger charge is 2.23. The van der Waals surface area contributed by atoms with Crippen molar-refractivity contribution in [3.63, 3.8) is 0 Å². The Morgan fingerprint density at radius 3 is 2.53 bits per heavy atom. The van der Waals surface area contributed by atoms with Crippen LogP contribution in [0.5, 0.6) is 0 Å². The minimum atomic E-state index is -0.443. The summed E-state index contributed by atoms with van der Waals surface area (Å²) >= 11 is 11.8. The Kier molecular flexibility index (Phi) is 4.58. The van der Waals surface area contributed by atoms with Gasteiger partial charge in [-0.2, -0.15) is 0 Å². The summed E-state index contributed by atoms with van der Waals surface area (Å²) in [7, 11) is 0. The quantitative estimate of drug-likeness (QED) is 0.654. The van der Waals surface area contributed by atoms with E-state index >= 15 is 0 Å². The molecule has 3 nitrogen and oxygen atoms in total. The number of esters is 1. The highest BCUT2D eigenvalue weighted by atomic mass is 35.5. The minimum absolute atomic E-state index is 0.0270. The molecule has 1 aliphatic rings. The van der Waals surface area contributed by atoms with Crippen LogP contribution < -0.4 is 5.73 Å². The van der Waals surface area contributed by atoms with Gasteiger partial charge in [0.25, 0.3) is 0 Å². The molecular formula is C14H17Cl2NO2. The first-order valence-corrected chi connectivity index (χ1v) is 7.18. The first-order chi connectivity index (χ1) is 8.97. The molecule has 1 aromatic carbocycles. The Hall–Kier alpha value is -0.930. The summed E-state index contributed by atoms with van der Waals surface area (Å²) in [5, 5.41) is 0.653. The standard InChI is InChI=1S/C14H17Cl2NO2/c1-8-2-4-10(5-3-8)19-14(18)11-6-9(15)7-12(16)13(11)17/h6-8,10H,2-5,17H2,1H3. The summed E-state index contributed by atoms with van der Waals surface area (Å²) in [5.41, 5.74) is 6.26. The van der Waals surface area contributed by atoms with Crippen LogP contribution in [0.3, 0.4) is 0 Å². The van der Waals surface area contributed by atoms with E-state index in [0.29, 0.717) is 10.9 Å². The molecule has 19 heavy (non-hydrogen) atoms. The number of halogens is 2. The lowest BCUT2D eigenvalue weighted by Gasteiger charge is -2.26. The lowest BCUT2D eigenvalue weighted by molar-refractivity contribution is 0.0175. The van der Waals surface area contributed by atoms with Gasteiger partial charge in [-0.3, -0.25) is 0 Å². The molecular weight excluding hydrogens is 285 g/mol. The smallest absolute Gasteiger partial charge is 0.340 e. The third-order valence-corrected chi connectivity index (χ3v) is 4.08. The van der Waals surface area contributed by atoms with Crippen molar-refractivity contribution in [1.29, 1.82) is 0 Å². The van der Waals surface area contributed by atoms with Gasteiger partial charge in [-0.25, -0.2) is 4.79 Å². The van der Waals surface area contributed by atoms with Crippen molar-refractivity contribution in [2.75, 3.05) is 5.73 Å². The Labute approximate surface area is 123 Å². The maximum absolute atomic E-state index is 12.1. The molecule has 0 heterocycles. The number of rotatable bonds is 2. The van der Waals surface area contributed by atoms with E-state index in [0.717, 1.165) is 25.7 Å². The highest BCUT2D eigenvalue weighted by molar-refractivity contribution is 6.37. The van der Waals surface area contributed by atoms with Crippen molar-refractivity contribution in [1.82, 2.24) is 0 Å². The molecule has 5 heteroatoms. The van der Waals surface area contributed by atoms with Crippen molar-refractivity contribution in [2.24, 2.45) is 5.92 Å². The average molecular weight is 302 g/mol. The average Bonchev–Trinajstić information content (AvgIpc) is 2.36. The predicted octanol–water partition coefficient (Wildman–Crippen LogP) is 4.31. The first kappa shape index (κ1) is 14.5. The molecule has 0 atom stereocenters. The summed E-state index contributed by atoms with van der Waals surface area (Å²) in [5.74, 6) is 0.266. The maximum atomic E-state index is 12.1. The van der Waals surface area contributed by atoms with E-state index in [9.17, 15) is 4.79 Å². The van der Waals surface area contributed by atoms with Crippen molar-refractivity contribution in [3.8, 4) is 0 Å². The number of anilines is 1. The van der Waals surface area contributed by atoms with Crippen LogP contribution in [0.4, 0.5) is 5.69 Å². The molecule has 1 aliphatic carbocycles. The van der Waals surface area contributed by atoms with E-state index in [2.05, 4.69) is 6.92 Å². The van der Waals surface area contributed by atoms with E-state index in [1.807, 2.05) is 0 Å². The number of ether oxygens (including phenoxy) is 1. The van der Waals surface area contributed by atoms with Crippen molar-refractivity contribution in [3.05, 3.63) is 27.7 Å². The van der Waals surface area contributed by atoms with Gasteiger partial charge in [0.1, 0.15) is 6.10 Å². The molecule has 0 spiro atoms. The van der Waals surface area contributed by atoms with Gasteiger partial charge in [0.2, 0.25) is 0 Å². The van der Waals surface area contributed by atoms with E-state index in [1.165, 1.54) is 12.1 Å². The van der Waals surface area contributed by atoms with Crippen molar-refractivity contribution < 1.29 is 9.53 Å². The molecule has 0 unspecified atom stereocenters. The molecule has 0 aromatic heterocycles. The van der Waals surface area contributed by atoms with Crippen LogP contribution in [-0.4, -0.2) is 12.1 Å². The zero-order valence-corrected chi connectivity index (χ0v) is 12.3. The van der Waals surface area contributed by atoms with E-state index < -0.39 is 5.97 Å². The number of nitrogens with two attached hydrogens (primary N) is 1. The topological polar surface area (TPSA) is 52.3 Å². The van der Waals surface area contributed by atoms with Crippen LogP contribution in [0.15, 0.2) is 12.1 Å². The normalized spacial score (nSPS) is 23.1. The summed E-state index contributed by atoms with van der Waals surface area (Å²) in [6.07, 6.45) is 3.95. The molecule has 104 valence electrons. The zero-order chi connectivity index (χ0) is 14.0. The zero-order valence-electron chi connectivity index (χ0n) is 10.8. The summed E-state index contributed by atoms with van der Waals surface area (Å²) in [6, 6.07) is 3.01. The lowest BCUT2D eigenvalue weighted by atomic mass is 9.89. The van der Waals surface area contributed by atoms with Crippen LogP contribution in [-0.2, 0) is 4.74 Å². The molecule has 2 N–H and O–H groups in total. The van der Waals surface area contributed by atoms with Crippen LogP contribution >= 0.6 is 23.2 Å². The molecule has 1 fully saturated rings. The summed E-state index contributed by atoms with van der Waals surface area (Å²) < 4.78 is 5.48. The minimum Gasteiger partial charge on any atom is -0.459 e. The van der Waals surface area contributed by atoms with E-state index in [4.69, 9.17) is 33.7 Å². The molecule has 1 aromatic rings. The second-order valence-corrected chi connectivity index (χ2v) is 5.98. The van der Waals surface area contributed by atoms with Crippen LogP contribution in [0.1, 0.15) is 43.0 Å². The summed E-state index contributed by atoms with van der Waals surface area (Å²) in [6.45, 7) is 2.22. The Morgan fingerprint density at radius 1 is 1.26 bits per heavy atom. The number of carbonyl (C=O) groups is 1. The fourth-order valence-electron chi connectivity index (χ4n) is 2.32. The lowest BCUT2D eigenvalue weighted by Crippen LogP contribution is -2.24. The number of hydrogen-bond acceptors (Lipinski definition) is 3. The first-order valence-electron chi connectivity index (χ1n) is 6.43. The Bertz CT molecular complexity index is 483. The number of nitrogen functional groups attached to an aromatic ring is 1. The molecule has 1 saturated carbocycles. The largest absolute Gasteiger partial charge is 0.459 e. The third-order valence-electron chi connectivity index (χ3n) is 3.55. The second-order valence-electron chi connectivity index (χ2n) is 5.14. The van der Waals surface area contributed by atoms with Gasteiger partial charge in [0.05, 0.1) is 16.3 Å². The van der Waals surface area contributed by atoms with Crippen LogP contribution in [0.2, 0.25) is 10.0 Å². The number of hydrogen-bond donors (Lipinski definition) is 1. The fraction of sp³-hybridized carbons (Fsp3) is 0.500. The van der Waals surface area contributed by atoms with Crippen LogP contribution in [0.25, 0.3) is 0 Å². The highest BCUT2D eigenvalue weighted by Crippen LogP contribution is 2.30. The molecule has 0 amide bonds. The van der Waals surface area contributed by atoms with E-state index in [-0.39, 0.29) is 22.4 Å². The monoisotopic (exact) mass is 301 g/mol. The van der Waals surface area contributed by atoms with E-state index in [1.54, 1.807) is 0 Å². The molecule has 2 rings (SSSR count). The van der Waals surface area contributed by atoms with Gasteiger partial charge >= 0.3 is 5.97 Å². The SMILES string of the molecule is CC1CCC(OC(=O)c2cc(Cl)cc(Cl)c2N)CC1. The van der Waals surface area contributed by atoms with Gasteiger partial charge in [-0.1, -0.05) is 30.1 Å². The predicted molar refractivity (Wildman–Crippen MR) is 77.7 cm³/mol. The Morgan fingerprint density at radius 2 is 1.89 bits per heavy atom. The van der Waals surface area contributed by atoms with Gasteiger partial charge in [-0.05, 0) is 43.7 Å².